The van der Waals surface area contributed by atoms with Gasteiger partial charge in [-0.15, -0.1) is 0 Å². The molecule has 0 radical (unpaired) electrons. The fourth-order valence-electron chi connectivity index (χ4n) is 9.34. The Morgan fingerprint density at radius 2 is 0.784 bits per heavy atom. The van der Waals surface area contributed by atoms with Crippen LogP contribution in [0.15, 0.2) is 36.5 Å². The van der Waals surface area contributed by atoms with E-state index in [9.17, 15) is 19.0 Å². The number of carbonyl (C=O) groups excluding carboxylic acids is 2. The van der Waals surface area contributed by atoms with E-state index in [0.29, 0.717) is 17.4 Å². The molecule has 9 nitrogen and oxygen atoms in total. The number of unbranched alkanes of at least 4 members (excludes halogenated alkanes) is 38. The number of ether oxygens (including phenoxy) is 1. The highest BCUT2D eigenvalue weighted by molar-refractivity contribution is 7.47. The van der Waals surface area contributed by atoms with Gasteiger partial charge in [-0.3, -0.25) is 18.6 Å². The van der Waals surface area contributed by atoms with Crippen molar-refractivity contribution in [3.05, 3.63) is 36.5 Å². The smallest absolute Gasteiger partial charge is 0.456 e. The summed E-state index contributed by atoms with van der Waals surface area (Å²) in [5.74, 6) is -0.512. The average Bonchev–Trinajstić information content (AvgIpc) is 3.36. The number of esters is 1. The second kappa shape index (κ2) is 54.6. The average molecular weight is 1060 g/mol. The molecule has 3 atom stereocenters. The van der Waals surface area contributed by atoms with E-state index in [4.69, 9.17) is 13.8 Å². The minimum Gasteiger partial charge on any atom is -0.456 e. The molecule has 10 heteroatoms. The van der Waals surface area contributed by atoms with Gasteiger partial charge in [0.15, 0.2) is 0 Å². The molecule has 0 aliphatic carbocycles. The Balaban J connectivity index is 5.22. The van der Waals surface area contributed by atoms with E-state index in [1.165, 1.54) is 205 Å². The first kappa shape index (κ1) is 72.2. The van der Waals surface area contributed by atoms with Crippen molar-refractivity contribution in [2.75, 3.05) is 40.9 Å². The van der Waals surface area contributed by atoms with Crippen LogP contribution in [0.3, 0.4) is 0 Å². The number of nitrogens with zero attached hydrogens (tertiary/aromatic N) is 1. The molecule has 0 fully saturated rings. The molecule has 1 amide bonds. The topological polar surface area (TPSA) is 111 Å². The van der Waals surface area contributed by atoms with Gasteiger partial charge in [-0.05, 0) is 83.1 Å². The number of amides is 1. The van der Waals surface area contributed by atoms with Crippen LogP contribution in [-0.4, -0.2) is 74.3 Å². The van der Waals surface area contributed by atoms with Crippen LogP contribution in [-0.2, 0) is 27.9 Å². The second-order valence-electron chi connectivity index (χ2n) is 22.9. The van der Waals surface area contributed by atoms with Crippen LogP contribution in [0.2, 0.25) is 0 Å². The number of phosphoric acid groups is 1. The third kappa shape index (κ3) is 55.0. The molecule has 0 aromatic heterocycles. The fourth-order valence-corrected chi connectivity index (χ4v) is 10.1. The normalized spacial score (nSPS) is 13.9. The van der Waals surface area contributed by atoms with Gasteiger partial charge in [0.05, 0.1) is 33.8 Å². The quantitative estimate of drug-likeness (QED) is 0.0205. The highest BCUT2D eigenvalue weighted by Crippen LogP contribution is 2.43. The minimum atomic E-state index is -4.45. The number of nitrogens with one attached hydrogen (secondary N) is 1. The van der Waals surface area contributed by atoms with E-state index in [1.807, 2.05) is 33.3 Å². The van der Waals surface area contributed by atoms with Crippen molar-refractivity contribution in [2.24, 2.45) is 0 Å². The van der Waals surface area contributed by atoms with E-state index >= 15 is 0 Å². The zero-order valence-electron chi connectivity index (χ0n) is 49.9. The van der Waals surface area contributed by atoms with E-state index < -0.39 is 20.0 Å². The molecule has 0 bridgehead atoms. The summed E-state index contributed by atoms with van der Waals surface area (Å²) in [6.45, 7) is 7.03. The summed E-state index contributed by atoms with van der Waals surface area (Å²) in [5.41, 5.74) is 0. The van der Waals surface area contributed by atoms with Crippen LogP contribution in [0, 0.1) is 0 Å². The maximum atomic E-state index is 13.6. The summed E-state index contributed by atoms with van der Waals surface area (Å²) in [6.07, 6.45) is 65.7. The van der Waals surface area contributed by atoms with Crippen LogP contribution >= 0.6 is 7.82 Å². The third-order valence-corrected chi connectivity index (χ3v) is 15.3. The first-order valence-corrected chi connectivity index (χ1v) is 33.3. The van der Waals surface area contributed by atoms with Crippen molar-refractivity contribution in [1.29, 1.82) is 0 Å². The number of likely N-dealkylation sites (N-methyl/N-ethyl adjacent to an activating group) is 1. The summed E-state index contributed by atoms with van der Waals surface area (Å²) < 4.78 is 30.7. The number of allylic oxidation sites excluding steroid dienone is 5. The number of quaternary nitrogens is 1. The molecule has 0 aromatic carbocycles. The number of rotatable bonds is 58. The third-order valence-electron chi connectivity index (χ3n) is 14.3. The second-order valence-corrected chi connectivity index (χ2v) is 24.4. The zero-order chi connectivity index (χ0) is 54.3. The molecule has 0 saturated carbocycles. The molecule has 0 saturated heterocycles. The van der Waals surface area contributed by atoms with Gasteiger partial charge in [0.25, 0.3) is 0 Å². The maximum absolute atomic E-state index is 13.6. The number of hydrogen-bond donors (Lipinski definition) is 2. The van der Waals surface area contributed by atoms with Crippen molar-refractivity contribution in [3.8, 4) is 0 Å². The Labute approximate surface area is 459 Å². The van der Waals surface area contributed by atoms with Crippen LogP contribution in [0.1, 0.15) is 310 Å². The standard InChI is InChI=1S/C64H123N2O7P/c1-7-10-13-16-19-22-25-28-30-31-32-33-34-35-36-38-41-44-47-50-53-56-63(67)65-61(60-72-74(69,70)71-59-58-66(4,5)6)62(55-52-49-46-43-40-37-27-24-21-18-15-12-9-3)73-64(68)57-54-51-48-45-42-39-29-26-23-20-17-14-11-8-2/h28,30,39,42,52,55,61-62H,7-27,29,31-38,40-41,43-51,53-54,56-60H2,1-6H3,(H-,65,67,69,70)/p+1/b30-28+,42-39-,55-52-. The highest BCUT2D eigenvalue weighted by Gasteiger charge is 2.30. The summed E-state index contributed by atoms with van der Waals surface area (Å²) in [5, 5.41) is 3.06. The van der Waals surface area contributed by atoms with Crippen LogP contribution < -0.4 is 5.32 Å². The molecule has 0 aromatic rings. The molecule has 2 N–H and O–H groups in total. The lowest BCUT2D eigenvalue weighted by Gasteiger charge is -2.27. The van der Waals surface area contributed by atoms with Crippen molar-refractivity contribution in [2.45, 2.75) is 322 Å². The van der Waals surface area contributed by atoms with Crippen molar-refractivity contribution in [1.82, 2.24) is 5.32 Å². The summed E-state index contributed by atoms with van der Waals surface area (Å²) >= 11 is 0. The van der Waals surface area contributed by atoms with E-state index in [0.717, 1.165) is 70.6 Å². The Bertz CT molecular complexity index is 1360. The summed E-state index contributed by atoms with van der Waals surface area (Å²) in [6, 6.07) is -0.852. The number of phosphoric ester groups is 1. The fraction of sp³-hybridized carbons (Fsp3) is 0.875. The Morgan fingerprint density at radius 1 is 0.459 bits per heavy atom. The van der Waals surface area contributed by atoms with Crippen molar-refractivity contribution >= 4 is 19.7 Å². The van der Waals surface area contributed by atoms with Crippen LogP contribution in [0.4, 0.5) is 0 Å². The van der Waals surface area contributed by atoms with Gasteiger partial charge in [-0.2, -0.15) is 0 Å². The first-order valence-electron chi connectivity index (χ1n) is 31.8. The summed E-state index contributed by atoms with van der Waals surface area (Å²) in [7, 11) is 1.50. The van der Waals surface area contributed by atoms with Gasteiger partial charge < -0.3 is 19.4 Å². The van der Waals surface area contributed by atoms with Crippen LogP contribution in [0.5, 0.6) is 0 Å². The largest absolute Gasteiger partial charge is 0.472 e. The highest BCUT2D eigenvalue weighted by atomic mass is 31.2. The van der Waals surface area contributed by atoms with Gasteiger partial charge in [-0.1, -0.05) is 250 Å². The SMILES string of the molecule is CCCCCCCC/C=C/CCCCCCCCCCCCCC(=O)NC(COP(=O)(O)OCC[N+](C)(C)C)C(/C=C\CCCCCCCCCCCCC)OC(=O)CCCCC/C=C\CCCCCCCCC. The lowest BCUT2D eigenvalue weighted by molar-refractivity contribution is -0.870. The maximum Gasteiger partial charge on any atom is 0.472 e. The molecule has 436 valence electrons. The lowest BCUT2D eigenvalue weighted by atomic mass is 10.0. The molecule has 0 heterocycles. The van der Waals surface area contributed by atoms with Crippen molar-refractivity contribution in [3.63, 3.8) is 0 Å². The van der Waals surface area contributed by atoms with Crippen LogP contribution in [0.25, 0.3) is 0 Å². The van der Waals surface area contributed by atoms with E-state index in [-0.39, 0.29) is 31.5 Å². The van der Waals surface area contributed by atoms with Gasteiger partial charge in [0, 0.05) is 12.8 Å². The molecule has 0 aliphatic heterocycles. The predicted molar refractivity (Wildman–Crippen MR) is 319 cm³/mol. The Hall–Kier alpha value is -1.77. The monoisotopic (exact) mass is 1060 g/mol. The van der Waals surface area contributed by atoms with Crippen molar-refractivity contribution < 1.29 is 37.3 Å². The van der Waals surface area contributed by atoms with E-state index in [1.54, 1.807) is 0 Å². The predicted octanol–water partition coefficient (Wildman–Crippen LogP) is 19.5. The molecule has 3 unspecified atom stereocenters. The van der Waals surface area contributed by atoms with E-state index in [2.05, 4.69) is 50.4 Å². The molecule has 0 rings (SSSR count). The Morgan fingerprint density at radius 3 is 1.16 bits per heavy atom. The molecule has 74 heavy (non-hydrogen) atoms. The van der Waals surface area contributed by atoms with Gasteiger partial charge >= 0.3 is 13.8 Å². The van der Waals surface area contributed by atoms with Gasteiger partial charge in [0.1, 0.15) is 19.3 Å². The number of carbonyl (C=O) groups is 2. The lowest BCUT2D eigenvalue weighted by Crippen LogP contribution is -2.47. The molecular formula is C64H124N2O7P+. The summed E-state index contributed by atoms with van der Waals surface area (Å²) in [4.78, 5) is 37.7. The molecule has 0 spiro atoms. The molecular weight excluding hydrogens is 940 g/mol. The number of hydrogen-bond acceptors (Lipinski definition) is 6. The first-order chi connectivity index (χ1) is 35.9. The molecule has 0 aliphatic rings. The minimum absolute atomic E-state index is 0.0397. The van der Waals surface area contributed by atoms with Gasteiger partial charge in [-0.25, -0.2) is 4.57 Å². The zero-order valence-corrected chi connectivity index (χ0v) is 50.7. The Kier molecular flexibility index (Phi) is 53.3. The van der Waals surface area contributed by atoms with Gasteiger partial charge in [0.2, 0.25) is 5.91 Å².